The van der Waals surface area contributed by atoms with Gasteiger partial charge in [0.05, 0.1) is 39.8 Å². The molecule has 3 heterocycles. The molecule has 2 aromatic rings. The van der Waals surface area contributed by atoms with E-state index in [2.05, 4.69) is 14.9 Å². The summed E-state index contributed by atoms with van der Waals surface area (Å²) < 4.78 is 22.5. The molecule has 2 aliphatic rings. The number of anilines is 1. The second-order valence-corrected chi connectivity index (χ2v) is 7.13. The van der Waals surface area contributed by atoms with E-state index in [1.54, 1.807) is 26.2 Å². The highest BCUT2D eigenvalue weighted by Crippen LogP contribution is 2.45. The lowest BCUT2D eigenvalue weighted by Gasteiger charge is -2.38. The number of carbonyl (C=O) groups is 1. The van der Waals surface area contributed by atoms with Crippen molar-refractivity contribution in [2.24, 2.45) is 0 Å². The van der Waals surface area contributed by atoms with Gasteiger partial charge in [0.1, 0.15) is 29.9 Å². The summed E-state index contributed by atoms with van der Waals surface area (Å²) in [5.41, 5.74) is 0.281. The fourth-order valence-electron chi connectivity index (χ4n) is 4.07. The highest BCUT2D eigenvalue weighted by molar-refractivity contribution is 5.97. The maximum absolute atomic E-state index is 11.8. The van der Waals surface area contributed by atoms with E-state index in [0.29, 0.717) is 35.9 Å². The lowest BCUT2D eigenvalue weighted by atomic mass is 10.0. The van der Waals surface area contributed by atoms with Crippen molar-refractivity contribution in [2.45, 2.75) is 12.0 Å². The van der Waals surface area contributed by atoms with Gasteiger partial charge in [-0.3, -0.25) is 4.79 Å². The van der Waals surface area contributed by atoms with E-state index in [0.717, 1.165) is 24.2 Å². The molecule has 1 aromatic carbocycles. The normalized spacial score (nSPS) is 22.2. The zero-order valence-electron chi connectivity index (χ0n) is 16.5. The number of hydrogen-bond donors (Lipinski definition) is 0. The molecule has 2 fully saturated rings. The molecule has 1 spiro atoms. The molecule has 1 atom stereocenters. The zero-order valence-corrected chi connectivity index (χ0v) is 16.5. The number of carbonyl (C=O) groups excluding carboxylic acids is 1. The molecule has 150 valence electrons. The number of amides is 1. The van der Waals surface area contributed by atoms with Crippen molar-refractivity contribution < 1.29 is 23.7 Å². The van der Waals surface area contributed by atoms with Crippen molar-refractivity contribution in [2.75, 3.05) is 59.5 Å². The van der Waals surface area contributed by atoms with Crippen LogP contribution < -0.4 is 19.1 Å². The topological polar surface area (TPSA) is 86.3 Å². The van der Waals surface area contributed by atoms with E-state index in [9.17, 15) is 4.79 Å². The summed E-state index contributed by atoms with van der Waals surface area (Å²) in [5, 5.41) is 0.814. The Hall–Kier alpha value is -2.81. The quantitative estimate of drug-likeness (QED) is 0.770. The van der Waals surface area contributed by atoms with E-state index in [1.807, 2.05) is 13.1 Å². The predicted molar refractivity (Wildman–Crippen MR) is 102 cm³/mol. The van der Waals surface area contributed by atoms with Gasteiger partial charge in [-0.2, -0.15) is 0 Å². The first-order valence-electron chi connectivity index (χ1n) is 9.08. The number of rotatable bonds is 4. The number of hydrogen-bond acceptors (Lipinski definition) is 8. The first-order valence-corrected chi connectivity index (χ1v) is 9.08. The Morgan fingerprint density at radius 1 is 1.11 bits per heavy atom. The first-order chi connectivity index (χ1) is 13.5. The third-order valence-electron chi connectivity index (χ3n) is 5.48. The second kappa shape index (κ2) is 6.97. The molecule has 0 N–H and O–H groups in total. The molecule has 1 unspecified atom stereocenters. The standard InChI is InChI=1S/C19H24N4O5/c1-22-9-19(28-8-14(22)24)5-6-23(10-19)18-12-7-13(25-2)16(26-3)17(27-4)15(12)20-11-21-18/h7,11H,5-6,8-10H2,1-4H3. The van der Waals surface area contributed by atoms with E-state index < -0.39 is 0 Å². The van der Waals surface area contributed by atoms with Crippen LogP contribution in [0.5, 0.6) is 17.2 Å². The lowest BCUT2D eigenvalue weighted by molar-refractivity contribution is -0.157. The molecule has 2 aliphatic heterocycles. The number of methoxy groups -OCH3 is 3. The maximum atomic E-state index is 11.8. The largest absolute Gasteiger partial charge is 0.493 e. The minimum absolute atomic E-state index is 0.0122. The zero-order chi connectivity index (χ0) is 19.9. The van der Waals surface area contributed by atoms with Gasteiger partial charge in [-0.15, -0.1) is 0 Å². The van der Waals surface area contributed by atoms with E-state index in [1.165, 1.54) is 6.33 Å². The number of morpholine rings is 1. The van der Waals surface area contributed by atoms with Gasteiger partial charge in [0, 0.05) is 13.6 Å². The van der Waals surface area contributed by atoms with Crippen LogP contribution in [0.25, 0.3) is 10.9 Å². The SMILES string of the molecule is COc1cc2c(N3CCC4(CN(C)C(=O)CO4)C3)ncnc2c(OC)c1OC. The molecular weight excluding hydrogens is 364 g/mol. The van der Waals surface area contributed by atoms with E-state index >= 15 is 0 Å². The molecular formula is C19H24N4O5. The van der Waals surface area contributed by atoms with Crippen molar-refractivity contribution in [3.05, 3.63) is 12.4 Å². The number of nitrogens with zero attached hydrogens (tertiary/aromatic N) is 4. The van der Waals surface area contributed by atoms with Crippen molar-refractivity contribution in [3.8, 4) is 17.2 Å². The van der Waals surface area contributed by atoms with Crippen molar-refractivity contribution in [3.63, 3.8) is 0 Å². The fraction of sp³-hybridized carbons (Fsp3) is 0.526. The summed E-state index contributed by atoms with van der Waals surface area (Å²) >= 11 is 0. The van der Waals surface area contributed by atoms with Gasteiger partial charge in [0.15, 0.2) is 11.5 Å². The summed E-state index contributed by atoms with van der Waals surface area (Å²) in [4.78, 5) is 24.6. The van der Waals surface area contributed by atoms with Crippen LogP contribution in [0.3, 0.4) is 0 Å². The molecule has 1 amide bonds. The van der Waals surface area contributed by atoms with Gasteiger partial charge < -0.3 is 28.7 Å². The Bertz CT molecular complexity index is 921. The molecule has 2 saturated heterocycles. The molecule has 1 aromatic heterocycles. The molecule has 9 heteroatoms. The number of fused-ring (bicyclic) bond motifs is 1. The highest BCUT2D eigenvalue weighted by atomic mass is 16.5. The minimum Gasteiger partial charge on any atom is -0.493 e. The van der Waals surface area contributed by atoms with Crippen molar-refractivity contribution in [1.29, 1.82) is 0 Å². The summed E-state index contributed by atoms with van der Waals surface area (Å²) in [6, 6.07) is 1.87. The average Bonchev–Trinajstić information content (AvgIpc) is 3.12. The molecule has 0 aliphatic carbocycles. The Labute approximate surface area is 163 Å². The summed E-state index contributed by atoms with van der Waals surface area (Å²) in [5.74, 6) is 2.35. The van der Waals surface area contributed by atoms with Crippen molar-refractivity contribution >= 4 is 22.6 Å². The minimum atomic E-state index is -0.374. The summed E-state index contributed by atoms with van der Waals surface area (Å²) in [6.07, 6.45) is 2.34. The van der Waals surface area contributed by atoms with Crippen LogP contribution in [0.15, 0.2) is 12.4 Å². The average molecular weight is 388 g/mol. The summed E-state index contributed by atoms with van der Waals surface area (Å²) in [7, 11) is 6.54. The molecule has 28 heavy (non-hydrogen) atoms. The second-order valence-electron chi connectivity index (χ2n) is 7.13. The van der Waals surface area contributed by atoms with Crippen LogP contribution in [0.4, 0.5) is 5.82 Å². The van der Waals surface area contributed by atoms with Gasteiger partial charge >= 0.3 is 0 Å². The predicted octanol–water partition coefficient (Wildman–Crippen LogP) is 1.09. The summed E-state index contributed by atoms with van der Waals surface area (Å²) in [6.45, 7) is 2.11. The number of aromatic nitrogens is 2. The van der Waals surface area contributed by atoms with Gasteiger partial charge in [-0.05, 0) is 12.5 Å². The number of likely N-dealkylation sites (N-methyl/N-ethyl adjacent to an activating group) is 1. The monoisotopic (exact) mass is 388 g/mol. The van der Waals surface area contributed by atoms with Gasteiger partial charge in [0.25, 0.3) is 0 Å². The molecule has 0 bridgehead atoms. The Balaban J connectivity index is 1.75. The lowest BCUT2D eigenvalue weighted by Crippen LogP contribution is -2.54. The van der Waals surface area contributed by atoms with Crippen LogP contribution in [0.2, 0.25) is 0 Å². The Morgan fingerprint density at radius 3 is 2.57 bits per heavy atom. The van der Waals surface area contributed by atoms with E-state index in [4.69, 9.17) is 18.9 Å². The third-order valence-corrected chi connectivity index (χ3v) is 5.48. The van der Waals surface area contributed by atoms with Gasteiger partial charge in [0.2, 0.25) is 11.7 Å². The van der Waals surface area contributed by atoms with Crippen LogP contribution >= 0.6 is 0 Å². The van der Waals surface area contributed by atoms with Crippen LogP contribution in [0.1, 0.15) is 6.42 Å². The molecule has 4 rings (SSSR count). The van der Waals surface area contributed by atoms with Gasteiger partial charge in [-0.25, -0.2) is 9.97 Å². The number of ether oxygens (including phenoxy) is 4. The smallest absolute Gasteiger partial charge is 0.248 e. The third kappa shape index (κ3) is 2.86. The van der Waals surface area contributed by atoms with E-state index in [-0.39, 0.29) is 18.1 Å². The molecule has 0 saturated carbocycles. The maximum Gasteiger partial charge on any atom is 0.248 e. The molecule has 9 nitrogen and oxygen atoms in total. The Morgan fingerprint density at radius 2 is 1.89 bits per heavy atom. The van der Waals surface area contributed by atoms with Crippen LogP contribution in [-0.4, -0.2) is 81.0 Å². The Kier molecular flexibility index (Phi) is 4.62. The van der Waals surface area contributed by atoms with Crippen molar-refractivity contribution in [1.82, 2.24) is 14.9 Å². The number of benzene rings is 1. The highest BCUT2D eigenvalue weighted by Gasteiger charge is 2.45. The molecule has 0 radical (unpaired) electrons. The van der Waals surface area contributed by atoms with Crippen LogP contribution in [-0.2, 0) is 9.53 Å². The van der Waals surface area contributed by atoms with Crippen LogP contribution in [0, 0.1) is 0 Å². The fourth-order valence-corrected chi connectivity index (χ4v) is 4.07. The first kappa shape index (κ1) is 18.5. The van der Waals surface area contributed by atoms with Gasteiger partial charge in [-0.1, -0.05) is 0 Å².